The van der Waals surface area contributed by atoms with E-state index < -0.39 is 4.92 Å². The Morgan fingerprint density at radius 2 is 1.69 bits per heavy atom. The summed E-state index contributed by atoms with van der Waals surface area (Å²) in [6.07, 6.45) is 2.38. The smallest absolute Gasteiger partial charge is 0.269 e. The molecule has 0 unspecified atom stereocenters. The third-order valence-corrected chi connectivity index (χ3v) is 5.54. The number of fused-ring (bicyclic) bond motifs is 1. The van der Waals surface area contributed by atoms with Crippen molar-refractivity contribution in [1.29, 1.82) is 0 Å². The Kier molecular flexibility index (Phi) is 5.06. The van der Waals surface area contributed by atoms with E-state index in [-0.39, 0.29) is 5.69 Å². The van der Waals surface area contributed by atoms with Gasteiger partial charge in [-0.15, -0.1) is 15.3 Å². The Morgan fingerprint density at radius 1 is 0.969 bits per heavy atom. The van der Waals surface area contributed by atoms with Gasteiger partial charge in [-0.3, -0.25) is 10.1 Å². The summed E-state index contributed by atoms with van der Waals surface area (Å²) in [4.78, 5) is 24.4. The molecule has 0 aliphatic carbocycles. The van der Waals surface area contributed by atoms with Crippen LogP contribution in [0, 0.1) is 10.1 Å². The topological polar surface area (TPSA) is 118 Å². The Morgan fingerprint density at radius 3 is 2.38 bits per heavy atom. The SMILES string of the molecule is CCc1cc(N2CCN(c3ccc4nncn4n3)CC2)nc(-c2ccc([N+](=O)[O-])cc2)n1. The van der Waals surface area contributed by atoms with Gasteiger partial charge in [-0.05, 0) is 30.7 Å². The number of hydrogen-bond donors (Lipinski definition) is 0. The summed E-state index contributed by atoms with van der Waals surface area (Å²) in [6, 6.07) is 12.3. The van der Waals surface area contributed by atoms with Gasteiger partial charge < -0.3 is 9.80 Å². The number of aryl methyl sites for hydroxylation is 1. The van der Waals surface area contributed by atoms with Gasteiger partial charge in [0.2, 0.25) is 0 Å². The molecule has 1 aromatic carbocycles. The highest BCUT2D eigenvalue weighted by Crippen LogP contribution is 2.24. The largest absolute Gasteiger partial charge is 0.353 e. The maximum absolute atomic E-state index is 10.9. The number of aromatic nitrogens is 6. The van der Waals surface area contributed by atoms with Crippen molar-refractivity contribution in [3.63, 3.8) is 0 Å². The van der Waals surface area contributed by atoms with Crippen LogP contribution in [0.2, 0.25) is 0 Å². The zero-order valence-corrected chi connectivity index (χ0v) is 17.5. The zero-order chi connectivity index (χ0) is 22.1. The van der Waals surface area contributed by atoms with E-state index in [9.17, 15) is 10.1 Å². The fraction of sp³-hybridized carbons (Fsp3) is 0.286. The average Bonchev–Trinajstić information content (AvgIpc) is 3.32. The second-order valence-corrected chi connectivity index (χ2v) is 7.50. The van der Waals surface area contributed by atoms with Crippen molar-refractivity contribution >= 4 is 23.0 Å². The van der Waals surface area contributed by atoms with E-state index in [2.05, 4.69) is 37.0 Å². The molecule has 1 aliphatic heterocycles. The molecule has 11 heteroatoms. The molecule has 3 aromatic heterocycles. The summed E-state index contributed by atoms with van der Waals surface area (Å²) in [6.45, 7) is 5.25. The third-order valence-electron chi connectivity index (χ3n) is 5.54. The van der Waals surface area contributed by atoms with Crippen molar-refractivity contribution in [2.75, 3.05) is 36.0 Å². The number of nitro benzene ring substituents is 1. The molecule has 0 spiro atoms. The van der Waals surface area contributed by atoms with E-state index in [1.54, 1.807) is 23.0 Å². The van der Waals surface area contributed by atoms with Gasteiger partial charge in [-0.1, -0.05) is 6.92 Å². The maximum atomic E-state index is 10.9. The van der Waals surface area contributed by atoms with Crippen LogP contribution in [0.3, 0.4) is 0 Å². The second-order valence-electron chi connectivity index (χ2n) is 7.50. The van der Waals surface area contributed by atoms with Crippen molar-refractivity contribution in [3.05, 3.63) is 64.6 Å². The lowest BCUT2D eigenvalue weighted by Crippen LogP contribution is -2.47. The first-order chi connectivity index (χ1) is 15.6. The number of benzene rings is 1. The summed E-state index contributed by atoms with van der Waals surface area (Å²) >= 11 is 0. The van der Waals surface area contributed by atoms with Crippen LogP contribution in [0.15, 0.2) is 48.8 Å². The van der Waals surface area contributed by atoms with Gasteiger partial charge in [0.25, 0.3) is 5.69 Å². The van der Waals surface area contributed by atoms with Crippen molar-refractivity contribution < 1.29 is 4.92 Å². The number of rotatable bonds is 5. The Labute approximate surface area is 183 Å². The average molecular weight is 431 g/mol. The van der Waals surface area contributed by atoms with Crippen molar-refractivity contribution in [3.8, 4) is 11.4 Å². The van der Waals surface area contributed by atoms with E-state index >= 15 is 0 Å². The number of piperazine rings is 1. The lowest BCUT2D eigenvalue weighted by atomic mass is 10.2. The predicted octanol–water partition coefficient (Wildman–Crippen LogP) is 2.38. The molecule has 5 rings (SSSR count). The van der Waals surface area contributed by atoms with Gasteiger partial charge in [0.15, 0.2) is 11.5 Å². The van der Waals surface area contributed by atoms with Gasteiger partial charge in [0, 0.05) is 55.6 Å². The van der Waals surface area contributed by atoms with Gasteiger partial charge in [0.1, 0.15) is 18.0 Å². The van der Waals surface area contributed by atoms with Crippen LogP contribution in [0.4, 0.5) is 17.3 Å². The molecular formula is C21H21N9O2. The maximum Gasteiger partial charge on any atom is 0.269 e. The summed E-state index contributed by atoms with van der Waals surface area (Å²) in [5, 5.41) is 23.4. The molecule has 0 radical (unpaired) electrons. The third kappa shape index (κ3) is 3.80. The van der Waals surface area contributed by atoms with E-state index in [4.69, 9.17) is 4.98 Å². The molecule has 0 atom stereocenters. The minimum atomic E-state index is -0.409. The molecule has 0 amide bonds. The molecule has 0 saturated carbocycles. The van der Waals surface area contributed by atoms with Crippen LogP contribution in [0.5, 0.6) is 0 Å². The Bertz CT molecular complexity index is 1260. The van der Waals surface area contributed by atoms with E-state index in [1.807, 2.05) is 18.2 Å². The summed E-state index contributed by atoms with van der Waals surface area (Å²) in [5.41, 5.74) is 2.47. The normalized spacial score (nSPS) is 14.2. The van der Waals surface area contributed by atoms with Gasteiger partial charge >= 0.3 is 0 Å². The van der Waals surface area contributed by atoms with Gasteiger partial charge in [-0.25, -0.2) is 9.97 Å². The van der Waals surface area contributed by atoms with Crippen LogP contribution in [0.25, 0.3) is 17.0 Å². The van der Waals surface area contributed by atoms with E-state index in [0.29, 0.717) is 5.82 Å². The van der Waals surface area contributed by atoms with E-state index in [0.717, 1.165) is 61.1 Å². The predicted molar refractivity (Wildman–Crippen MR) is 119 cm³/mol. The van der Waals surface area contributed by atoms with Crippen LogP contribution in [0.1, 0.15) is 12.6 Å². The van der Waals surface area contributed by atoms with Crippen LogP contribution >= 0.6 is 0 Å². The molecule has 11 nitrogen and oxygen atoms in total. The molecule has 32 heavy (non-hydrogen) atoms. The fourth-order valence-electron chi connectivity index (χ4n) is 3.74. The number of hydrogen-bond acceptors (Lipinski definition) is 9. The first kappa shape index (κ1) is 19.8. The summed E-state index contributed by atoms with van der Waals surface area (Å²) in [5.74, 6) is 2.34. The summed E-state index contributed by atoms with van der Waals surface area (Å²) < 4.78 is 1.68. The zero-order valence-electron chi connectivity index (χ0n) is 17.5. The summed E-state index contributed by atoms with van der Waals surface area (Å²) in [7, 11) is 0. The number of nitrogens with zero attached hydrogens (tertiary/aromatic N) is 9. The highest BCUT2D eigenvalue weighted by molar-refractivity contribution is 5.60. The van der Waals surface area contributed by atoms with Crippen LogP contribution in [-0.4, -0.2) is 60.9 Å². The molecule has 1 saturated heterocycles. The molecule has 0 N–H and O–H groups in total. The fourth-order valence-corrected chi connectivity index (χ4v) is 3.74. The minimum Gasteiger partial charge on any atom is -0.353 e. The lowest BCUT2D eigenvalue weighted by Gasteiger charge is -2.36. The van der Waals surface area contributed by atoms with Crippen LogP contribution < -0.4 is 9.80 Å². The first-order valence-corrected chi connectivity index (χ1v) is 10.4. The monoisotopic (exact) mass is 431 g/mol. The Hall–Kier alpha value is -4.15. The molecule has 0 bridgehead atoms. The number of non-ortho nitro benzene ring substituents is 1. The molecule has 1 fully saturated rings. The van der Waals surface area contributed by atoms with Crippen molar-refractivity contribution in [2.45, 2.75) is 13.3 Å². The van der Waals surface area contributed by atoms with Crippen molar-refractivity contribution in [2.24, 2.45) is 0 Å². The standard InChI is InChI=1S/C21H21N9O2/c1-2-16-13-20(24-21(23-16)15-3-5-17(6-4-15)30(31)32)28-11-9-27(10-12-28)19-8-7-18-25-22-14-29(18)26-19/h3-8,13-14H,2,9-12H2,1H3. The van der Waals surface area contributed by atoms with Gasteiger partial charge in [-0.2, -0.15) is 4.52 Å². The molecule has 4 heterocycles. The number of anilines is 2. The minimum absolute atomic E-state index is 0.0509. The molecule has 4 aromatic rings. The number of nitro groups is 1. The van der Waals surface area contributed by atoms with Crippen LogP contribution in [-0.2, 0) is 6.42 Å². The van der Waals surface area contributed by atoms with Gasteiger partial charge in [0.05, 0.1) is 4.92 Å². The molecular weight excluding hydrogens is 410 g/mol. The second kappa shape index (κ2) is 8.17. The van der Waals surface area contributed by atoms with Crippen molar-refractivity contribution in [1.82, 2.24) is 29.8 Å². The lowest BCUT2D eigenvalue weighted by molar-refractivity contribution is -0.384. The molecule has 1 aliphatic rings. The first-order valence-electron chi connectivity index (χ1n) is 10.4. The molecule has 162 valence electrons. The highest BCUT2D eigenvalue weighted by atomic mass is 16.6. The quantitative estimate of drug-likeness (QED) is 0.346. The highest BCUT2D eigenvalue weighted by Gasteiger charge is 2.21. The Balaban J connectivity index is 1.35. The van der Waals surface area contributed by atoms with E-state index in [1.165, 1.54) is 12.1 Å².